The van der Waals surface area contributed by atoms with Gasteiger partial charge in [0.15, 0.2) is 0 Å². The minimum atomic E-state index is -1.14. The molecule has 3 rings (SSSR count). The molecule has 1 spiro atoms. The zero-order chi connectivity index (χ0) is 18.2. The van der Waals surface area contributed by atoms with Crippen LogP contribution in [0.15, 0.2) is 18.2 Å². The summed E-state index contributed by atoms with van der Waals surface area (Å²) in [4.78, 5) is 14.6. The SMILES string of the molecule is COc1ccc(C(=O)N2CCC3(CC2)C[C@](C)(O)[C@@H](O)CO3)cc1C. The van der Waals surface area contributed by atoms with Gasteiger partial charge < -0.3 is 24.6 Å². The highest BCUT2D eigenvalue weighted by molar-refractivity contribution is 5.94. The highest BCUT2D eigenvalue weighted by Gasteiger charge is 2.49. The Labute approximate surface area is 148 Å². The van der Waals surface area contributed by atoms with Crippen LogP contribution in [0.25, 0.3) is 0 Å². The van der Waals surface area contributed by atoms with Crippen molar-refractivity contribution >= 4 is 5.91 Å². The Balaban J connectivity index is 1.66. The molecule has 0 unspecified atom stereocenters. The molecule has 1 aromatic rings. The van der Waals surface area contributed by atoms with Gasteiger partial charge in [-0.3, -0.25) is 4.79 Å². The summed E-state index contributed by atoms with van der Waals surface area (Å²) < 4.78 is 11.1. The van der Waals surface area contributed by atoms with Gasteiger partial charge in [-0.2, -0.15) is 0 Å². The predicted octanol–water partition coefficient (Wildman–Crippen LogP) is 1.51. The molecular formula is C19H27NO5. The van der Waals surface area contributed by atoms with Crippen LogP contribution in [0.4, 0.5) is 0 Å². The zero-order valence-corrected chi connectivity index (χ0v) is 15.1. The first-order valence-corrected chi connectivity index (χ1v) is 8.75. The van der Waals surface area contributed by atoms with Gasteiger partial charge in [0.1, 0.15) is 11.9 Å². The first-order valence-electron chi connectivity index (χ1n) is 8.75. The van der Waals surface area contributed by atoms with E-state index in [-0.39, 0.29) is 12.5 Å². The number of hydrogen-bond acceptors (Lipinski definition) is 5. The smallest absolute Gasteiger partial charge is 0.253 e. The number of carbonyl (C=O) groups excluding carboxylic acids is 1. The number of nitrogens with zero attached hydrogens (tertiary/aromatic N) is 1. The number of aliphatic hydroxyl groups is 2. The molecule has 1 aromatic carbocycles. The number of benzene rings is 1. The molecule has 6 heteroatoms. The lowest BCUT2D eigenvalue weighted by Gasteiger charge is -2.49. The Kier molecular flexibility index (Phi) is 4.79. The molecule has 0 aromatic heterocycles. The number of hydrogen-bond donors (Lipinski definition) is 2. The molecule has 0 bridgehead atoms. The van der Waals surface area contributed by atoms with Crippen LogP contribution >= 0.6 is 0 Å². The number of likely N-dealkylation sites (tertiary alicyclic amines) is 1. The third-order valence-corrected chi connectivity index (χ3v) is 5.55. The van der Waals surface area contributed by atoms with E-state index >= 15 is 0 Å². The summed E-state index contributed by atoms with van der Waals surface area (Å²) in [6, 6.07) is 5.46. The minimum absolute atomic E-state index is 0.00297. The van der Waals surface area contributed by atoms with E-state index in [0.717, 1.165) is 11.3 Å². The summed E-state index contributed by atoms with van der Waals surface area (Å²) in [7, 11) is 1.62. The molecule has 2 aliphatic heterocycles. The normalized spacial score (nSPS) is 28.8. The minimum Gasteiger partial charge on any atom is -0.496 e. The summed E-state index contributed by atoms with van der Waals surface area (Å²) in [6.45, 7) is 4.87. The van der Waals surface area contributed by atoms with Crippen LogP contribution in [0, 0.1) is 6.92 Å². The van der Waals surface area contributed by atoms with E-state index in [4.69, 9.17) is 9.47 Å². The number of carbonyl (C=O) groups is 1. The van der Waals surface area contributed by atoms with Gasteiger partial charge in [-0.15, -0.1) is 0 Å². The zero-order valence-electron chi connectivity index (χ0n) is 15.1. The van der Waals surface area contributed by atoms with E-state index in [1.807, 2.05) is 24.0 Å². The van der Waals surface area contributed by atoms with E-state index in [2.05, 4.69) is 0 Å². The standard InChI is InChI=1S/C19H27NO5/c1-13-10-14(4-5-15(13)24-3)17(22)20-8-6-19(7-9-20)12-18(2,23)16(21)11-25-19/h4-5,10,16,21,23H,6-9,11-12H2,1-3H3/t16-,18-/m0/s1. The average Bonchev–Trinajstić information content (AvgIpc) is 2.58. The van der Waals surface area contributed by atoms with E-state index in [9.17, 15) is 15.0 Å². The monoisotopic (exact) mass is 349 g/mol. The van der Waals surface area contributed by atoms with Crippen molar-refractivity contribution in [3.8, 4) is 5.75 Å². The predicted molar refractivity (Wildman–Crippen MR) is 92.8 cm³/mol. The van der Waals surface area contributed by atoms with Crippen LogP contribution in [0.5, 0.6) is 5.75 Å². The number of piperidine rings is 1. The van der Waals surface area contributed by atoms with Gasteiger partial charge in [0, 0.05) is 25.1 Å². The fourth-order valence-corrected chi connectivity index (χ4v) is 3.89. The van der Waals surface area contributed by atoms with Crippen molar-refractivity contribution in [3.05, 3.63) is 29.3 Å². The third kappa shape index (κ3) is 3.52. The van der Waals surface area contributed by atoms with Crippen LogP contribution in [-0.2, 0) is 4.74 Å². The van der Waals surface area contributed by atoms with Crippen molar-refractivity contribution in [1.29, 1.82) is 0 Å². The van der Waals surface area contributed by atoms with E-state index < -0.39 is 17.3 Å². The Morgan fingerprint density at radius 2 is 2.04 bits per heavy atom. The lowest BCUT2D eigenvalue weighted by Crippen LogP contribution is -2.59. The van der Waals surface area contributed by atoms with Gasteiger partial charge in [-0.1, -0.05) is 0 Å². The lowest BCUT2D eigenvalue weighted by atomic mass is 9.76. The van der Waals surface area contributed by atoms with Crippen LogP contribution in [-0.4, -0.2) is 65.1 Å². The molecule has 6 nitrogen and oxygen atoms in total. The number of ether oxygens (including phenoxy) is 2. The summed E-state index contributed by atoms with van der Waals surface area (Å²) in [5.41, 5.74) is -0.00365. The second kappa shape index (κ2) is 6.59. The van der Waals surface area contributed by atoms with E-state index in [1.54, 1.807) is 20.1 Å². The fourth-order valence-electron chi connectivity index (χ4n) is 3.89. The van der Waals surface area contributed by atoms with Crippen molar-refractivity contribution in [3.63, 3.8) is 0 Å². The summed E-state index contributed by atoms with van der Waals surface area (Å²) in [6.07, 6.45) is 0.860. The van der Waals surface area contributed by atoms with Crippen LogP contribution < -0.4 is 4.74 Å². The molecule has 25 heavy (non-hydrogen) atoms. The largest absolute Gasteiger partial charge is 0.496 e. The molecule has 2 heterocycles. The van der Waals surface area contributed by atoms with Crippen molar-refractivity contribution in [2.75, 3.05) is 26.8 Å². The molecule has 0 aliphatic carbocycles. The maximum absolute atomic E-state index is 12.8. The fraction of sp³-hybridized carbons (Fsp3) is 0.632. The lowest BCUT2D eigenvalue weighted by molar-refractivity contribution is -0.221. The maximum Gasteiger partial charge on any atom is 0.253 e. The average molecular weight is 349 g/mol. The maximum atomic E-state index is 12.8. The Bertz CT molecular complexity index is 649. The molecule has 2 saturated heterocycles. The van der Waals surface area contributed by atoms with Crippen molar-refractivity contribution in [2.24, 2.45) is 0 Å². The van der Waals surface area contributed by atoms with Crippen molar-refractivity contribution in [2.45, 2.75) is 50.4 Å². The molecule has 2 N–H and O–H groups in total. The quantitative estimate of drug-likeness (QED) is 0.846. The Morgan fingerprint density at radius 1 is 1.36 bits per heavy atom. The van der Waals surface area contributed by atoms with Crippen molar-refractivity contribution < 1.29 is 24.5 Å². The van der Waals surface area contributed by atoms with E-state index in [0.29, 0.717) is 37.9 Å². The molecule has 2 aliphatic rings. The van der Waals surface area contributed by atoms with Gasteiger partial charge >= 0.3 is 0 Å². The van der Waals surface area contributed by atoms with Gasteiger partial charge in [0.2, 0.25) is 0 Å². The third-order valence-electron chi connectivity index (χ3n) is 5.55. The molecule has 0 radical (unpaired) electrons. The number of aliphatic hydroxyl groups excluding tert-OH is 1. The van der Waals surface area contributed by atoms with Gasteiger partial charge in [0.25, 0.3) is 5.91 Å². The topological polar surface area (TPSA) is 79.2 Å². The molecule has 1 amide bonds. The Hall–Kier alpha value is -1.63. The molecule has 138 valence electrons. The second-order valence-corrected chi connectivity index (χ2v) is 7.52. The first kappa shape index (κ1) is 18.2. The second-order valence-electron chi connectivity index (χ2n) is 7.52. The van der Waals surface area contributed by atoms with Crippen LogP contribution in [0.3, 0.4) is 0 Å². The van der Waals surface area contributed by atoms with Crippen molar-refractivity contribution in [1.82, 2.24) is 4.90 Å². The van der Waals surface area contributed by atoms with Crippen LogP contribution in [0.2, 0.25) is 0 Å². The summed E-state index contributed by atoms with van der Waals surface area (Å²) >= 11 is 0. The number of rotatable bonds is 2. The molecule has 2 fully saturated rings. The summed E-state index contributed by atoms with van der Waals surface area (Å²) in [5, 5.41) is 20.2. The highest BCUT2D eigenvalue weighted by Crippen LogP contribution is 2.39. The van der Waals surface area contributed by atoms with Gasteiger partial charge in [-0.25, -0.2) is 0 Å². The highest BCUT2D eigenvalue weighted by atomic mass is 16.5. The molecular weight excluding hydrogens is 322 g/mol. The van der Waals surface area contributed by atoms with Gasteiger partial charge in [-0.05, 0) is 50.5 Å². The van der Waals surface area contributed by atoms with E-state index in [1.165, 1.54) is 0 Å². The number of methoxy groups -OCH3 is 1. The molecule has 2 atom stereocenters. The van der Waals surface area contributed by atoms with Crippen LogP contribution in [0.1, 0.15) is 42.1 Å². The Morgan fingerprint density at radius 3 is 2.60 bits per heavy atom. The number of amides is 1. The summed E-state index contributed by atoms with van der Waals surface area (Å²) in [5.74, 6) is 0.772. The first-order chi connectivity index (χ1) is 11.8. The number of aryl methyl sites for hydroxylation is 1. The molecule has 0 saturated carbocycles. The van der Waals surface area contributed by atoms with Gasteiger partial charge in [0.05, 0.1) is 24.9 Å².